The third-order valence-electron chi connectivity index (χ3n) is 6.06. The molecule has 1 saturated heterocycles. The number of likely N-dealkylation sites (N-methyl/N-ethyl adjacent to an activating group) is 1. The first-order valence-electron chi connectivity index (χ1n) is 11.1. The maximum absolute atomic E-state index is 12.9. The van der Waals surface area contributed by atoms with Crippen LogP contribution in [0.25, 0.3) is 34.3 Å². The van der Waals surface area contributed by atoms with Crippen molar-refractivity contribution in [2.45, 2.75) is 12.5 Å². The number of hydrogen-bond acceptors (Lipinski definition) is 8. The lowest BCUT2D eigenvalue weighted by Crippen LogP contribution is -2.34. The van der Waals surface area contributed by atoms with Gasteiger partial charge in [-0.1, -0.05) is 30.3 Å². The fourth-order valence-corrected chi connectivity index (χ4v) is 4.03. The van der Waals surface area contributed by atoms with E-state index in [-0.39, 0.29) is 17.6 Å². The van der Waals surface area contributed by atoms with Crippen LogP contribution in [0.4, 0.5) is 5.82 Å². The number of likely N-dealkylation sites (tertiary alicyclic amines) is 1. The molecule has 2 aromatic heterocycles. The van der Waals surface area contributed by atoms with Gasteiger partial charge in [-0.15, -0.1) is 10.2 Å². The highest BCUT2D eigenvalue weighted by atomic mass is 16.4. The number of aromatic nitrogens is 4. The summed E-state index contributed by atoms with van der Waals surface area (Å²) in [6.45, 7) is 1.51. The average molecular weight is 456 g/mol. The van der Waals surface area contributed by atoms with Gasteiger partial charge in [-0.3, -0.25) is 4.79 Å². The summed E-state index contributed by atoms with van der Waals surface area (Å²) in [5, 5.41) is 8.21. The number of rotatable bonds is 5. The van der Waals surface area contributed by atoms with Crippen molar-refractivity contribution in [2.24, 2.45) is 0 Å². The van der Waals surface area contributed by atoms with E-state index in [1.807, 2.05) is 73.6 Å². The molecule has 2 aromatic carbocycles. The molecular formula is C25H25N7O2. The summed E-state index contributed by atoms with van der Waals surface area (Å²) in [5.41, 5.74) is 9.23. The van der Waals surface area contributed by atoms with Crippen molar-refractivity contribution in [3.63, 3.8) is 0 Å². The molecule has 1 aliphatic heterocycles. The lowest BCUT2D eigenvalue weighted by atomic mass is 10.1. The Morgan fingerprint density at radius 2 is 1.76 bits per heavy atom. The van der Waals surface area contributed by atoms with Gasteiger partial charge in [0, 0.05) is 35.8 Å². The van der Waals surface area contributed by atoms with Crippen molar-refractivity contribution in [2.75, 3.05) is 32.9 Å². The van der Waals surface area contributed by atoms with Crippen LogP contribution in [0.15, 0.2) is 65.2 Å². The highest BCUT2D eigenvalue weighted by Gasteiger charge is 2.28. The van der Waals surface area contributed by atoms with Crippen molar-refractivity contribution in [3.05, 3.63) is 66.4 Å². The predicted octanol–water partition coefficient (Wildman–Crippen LogP) is 3.22. The molecule has 1 fully saturated rings. The SMILES string of the molecule is CN(C)[C@@H]1CCN(C(=O)c2ccc(-c3cnc(N)c(-c4nnc(-c5ccccc5)o4)n3)cc2)C1. The van der Waals surface area contributed by atoms with Gasteiger partial charge in [0.25, 0.3) is 11.8 Å². The van der Waals surface area contributed by atoms with Gasteiger partial charge >= 0.3 is 0 Å². The Bertz CT molecular complexity index is 1300. The van der Waals surface area contributed by atoms with Gasteiger partial charge in [0.2, 0.25) is 5.89 Å². The molecule has 172 valence electrons. The maximum Gasteiger partial charge on any atom is 0.270 e. The quantitative estimate of drug-likeness (QED) is 0.488. The largest absolute Gasteiger partial charge is 0.414 e. The molecule has 34 heavy (non-hydrogen) atoms. The minimum Gasteiger partial charge on any atom is -0.414 e. The van der Waals surface area contributed by atoms with Gasteiger partial charge in [-0.2, -0.15) is 0 Å². The van der Waals surface area contributed by atoms with Gasteiger partial charge in [0.05, 0.1) is 11.9 Å². The van der Waals surface area contributed by atoms with Crippen LogP contribution in [-0.2, 0) is 0 Å². The van der Waals surface area contributed by atoms with Crippen LogP contribution in [0.1, 0.15) is 16.8 Å². The predicted molar refractivity (Wildman–Crippen MR) is 129 cm³/mol. The third-order valence-corrected chi connectivity index (χ3v) is 6.06. The Hall–Kier alpha value is -4.11. The minimum absolute atomic E-state index is 0.0410. The fourth-order valence-electron chi connectivity index (χ4n) is 4.03. The molecule has 4 aromatic rings. The number of carbonyl (C=O) groups is 1. The highest BCUT2D eigenvalue weighted by Crippen LogP contribution is 2.28. The molecule has 5 rings (SSSR count). The number of amides is 1. The number of carbonyl (C=O) groups excluding carboxylic acids is 1. The summed E-state index contributed by atoms with van der Waals surface area (Å²) in [4.78, 5) is 25.9. The van der Waals surface area contributed by atoms with Gasteiger partial charge in [0.15, 0.2) is 11.5 Å². The highest BCUT2D eigenvalue weighted by molar-refractivity contribution is 5.95. The lowest BCUT2D eigenvalue weighted by molar-refractivity contribution is 0.0783. The van der Waals surface area contributed by atoms with E-state index in [0.29, 0.717) is 28.9 Å². The Morgan fingerprint density at radius 1 is 1.03 bits per heavy atom. The van der Waals surface area contributed by atoms with E-state index in [1.54, 1.807) is 6.20 Å². The summed E-state index contributed by atoms with van der Waals surface area (Å²) in [6.07, 6.45) is 2.58. The Balaban J connectivity index is 1.37. The van der Waals surface area contributed by atoms with Crippen molar-refractivity contribution in [1.29, 1.82) is 0 Å². The molecule has 3 heterocycles. The van der Waals surface area contributed by atoms with E-state index in [9.17, 15) is 4.79 Å². The standard InChI is InChI=1S/C25H25N7O2/c1-31(2)19-12-13-32(15-19)25(33)18-10-8-16(9-11-18)20-14-27-22(26)21(28-20)24-30-29-23(34-24)17-6-4-3-5-7-17/h3-11,14,19H,12-13,15H2,1-2H3,(H2,26,27)/t19-/m1/s1. The molecule has 1 aliphatic rings. The van der Waals surface area contributed by atoms with Gasteiger partial charge < -0.3 is 20.0 Å². The van der Waals surface area contributed by atoms with Crippen LogP contribution in [0.5, 0.6) is 0 Å². The fraction of sp³-hybridized carbons (Fsp3) is 0.240. The first-order valence-corrected chi connectivity index (χ1v) is 11.1. The molecule has 9 nitrogen and oxygen atoms in total. The second-order valence-electron chi connectivity index (χ2n) is 8.50. The van der Waals surface area contributed by atoms with Gasteiger partial charge in [0.1, 0.15) is 0 Å². The van der Waals surface area contributed by atoms with Crippen LogP contribution in [0, 0.1) is 0 Å². The topological polar surface area (TPSA) is 114 Å². The molecule has 0 unspecified atom stereocenters. The van der Waals surface area contributed by atoms with Crippen LogP contribution >= 0.6 is 0 Å². The van der Waals surface area contributed by atoms with Crippen LogP contribution in [-0.4, -0.2) is 69.1 Å². The second kappa shape index (κ2) is 9.03. The summed E-state index contributed by atoms with van der Waals surface area (Å²) in [5.74, 6) is 0.813. The van der Waals surface area contributed by atoms with Crippen LogP contribution < -0.4 is 5.73 Å². The summed E-state index contributed by atoms with van der Waals surface area (Å²) < 4.78 is 5.80. The van der Waals surface area contributed by atoms with Crippen molar-refractivity contribution >= 4 is 11.7 Å². The molecule has 0 bridgehead atoms. The molecule has 0 radical (unpaired) electrons. The zero-order valence-electron chi connectivity index (χ0n) is 19.0. The van der Waals surface area contributed by atoms with Crippen LogP contribution in [0.2, 0.25) is 0 Å². The average Bonchev–Trinajstić information content (AvgIpc) is 3.55. The number of anilines is 1. The smallest absolute Gasteiger partial charge is 0.270 e. The van der Waals surface area contributed by atoms with Crippen LogP contribution in [0.3, 0.4) is 0 Å². The zero-order valence-corrected chi connectivity index (χ0v) is 19.0. The number of hydrogen-bond donors (Lipinski definition) is 1. The first-order chi connectivity index (χ1) is 16.5. The van der Waals surface area contributed by atoms with Gasteiger partial charge in [-0.05, 0) is 44.8 Å². The molecule has 2 N–H and O–H groups in total. The molecule has 1 amide bonds. The van der Waals surface area contributed by atoms with Crippen molar-refractivity contribution in [3.8, 4) is 34.3 Å². The van der Waals surface area contributed by atoms with E-state index in [2.05, 4.69) is 25.1 Å². The zero-order chi connectivity index (χ0) is 23.7. The monoisotopic (exact) mass is 455 g/mol. The lowest BCUT2D eigenvalue weighted by Gasteiger charge is -2.20. The molecule has 0 aliphatic carbocycles. The Labute approximate surface area is 197 Å². The van der Waals surface area contributed by atoms with E-state index in [1.165, 1.54) is 0 Å². The molecule has 9 heteroatoms. The normalized spacial score (nSPS) is 15.7. The summed E-state index contributed by atoms with van der Waals surface area (Å²) in [6, 6.07) is 17.2. The maximum atomic E-state index is 12.9. The third kappa shape index (κ3) is 4.25. The minimum atomic E-state index is 0.0410. The summed E-state index contributed by atoms with van der Waals surface area (Å²) in [7, 11) is 4.10. The second-order valence-corrected chi connectivity index (χ2v) is 8.50. The number of benzene rings is 2. The molecular weight excluding hydrogens is 430 g/mol. The number of nitrogens with two attached hydrogens (primary N) is 1. The van der Waals surface area contributed by atoms with Crippen molar-refractivity contribution < 1.29 is 9.21 Å². The Morgan fingerprint density at radius 3 is 2.47 bits per heavy atom. The van der Waals surface area contributed by atoms with E-state index < -0.39 is 0 Å². The van der Waals surface area contributed by atoms with E-state index in [0.717, 1.165) is 30.6 Å². The van der Waals surface area contributed by atoms with Gasteiger partial charge in [-0.25, -0.2) is 9.97 Å². The molecule has 0 saturated carbocycles. The summed E-state index contributed by atoms with van der Waals surface area (Å²) >= 11 is 0. The van der Waals surface area contributed by atoms with Crippen molar-refractivity contribution in [1.82, 2.24) is 30.0 Å². The number of nitrogen functional groups attached to an aromatic ring is 1. The van der Waals surface area contributed by atoms with E-state index >= 15 is 0 Å². The molecule has 0 spiro atoms. The van der Waals surface area contributed by atoms with E-state index in [4.69, 9.17) is 10.2 Å². The molecule has 1 atom stereocenters. The first kappa shape index (κ1) is 21.7. The number of nitrogens with zero attached hydrogens (tertiary/aromatic N) is 6. The Kier molecular flexibility index (Phi) is 5.77.